The third kappa shape index (κ3) is 7.93. The van der Waals surface area contributed by atoms with Crippen LogP contribution in [0.25, 0.3) is 10.9 Å². The topological polar surface area (TPSA) is 87.5 Å². The van der Waals surface area contributed by atoms with Crippen molar-refractivity contribution >= 4 is 45.5 Å². The molecule has 2 fully saturated rings. The van der Waals surface area contributed by atoms with Crippen LogP contribution >= 0.6 is 11.6 Å². The number of fused-ring (bicyclic) bond motifs is 1. The average Bonchev–Trinajstić information content (AvgIpc) is 3.03. The zero-order valence-corrected chi connectivity index (χ0v) is 25.7. The lowest BCUT2D eigenvalue weighted by Gasteiger charge is -2.35. The van der Waals surface area contributed by atoms with E-state index in [9.17, 15) is 4.79 Å². The fourth-order valence-corrected chi connectivity index (χ4v) is 6.31. The van der Waals surface area contributed by atoms with Crippen LogP contribution in [0, 0.1) is 11.3 Å². The Morgan fingerprint density at radius 1 is 0.795 bits per heavy atom. The standard InChI is InChI=1S/C35H38ClN7O/c36-29-8-9-32-33(10-11-38-34(32)20-29)39-30-18-28(19-31(21-30)40-35(44)25-41-12-2-1-3-13-41)24-43-16-14-42(15-17-43)23-27-6-4-26(22-37)5-7-27/h4-11,18-21H,1-3,12-17,23-25H2,(H,38,39)(H,40,44). The van der Waals surface area contributed by atoms with Gasteiger partial charge in [0.1, 0.15) is 0 Å². The van der Waals surface area contributed by atoms with Gasteiger partial charge in [-0.05, 0) is 91.7 Å². The quantitative estimate of drug-likeness (QED) is 0.233. The molecule has 6 rings (SSSR count). The first-order valence-electron chi connectivity index (χ1n) is 15.4. The third-order valence-corrected chi connectivity index (χ3v) is 8.67. The van der Waals surface area contributed by atoms with Crippen molar-refractivity contribution in [3.05, 3.63) is 94.6 Å². The van der Waals surface area contributed by atoms with Crippen LogP contribution < -0.4 is 10.6 Å². The number of piperidine rings is 1. The molecule has 0 spiro atoms. The zero-order chi connectivity index (χ0) is 30.3. The number of nitrogens with zero attached hydrogens (tertiary/aromatic N) is 5. The van der Waals surface area contributed by atoms with Gasteiger partial charge in [0.05, 0.1) is 23.7 Å². The number of carbonyl (C=O) groups is 1. The smallest absolute Gasteiger partial charge is 0.238 e. The number of nitriles is 1. The summed E-state index contributed by atoms with van der Waals surface area (Å²) in [5.41, 5.74) is 6.54. The number of carbonyl (C=O) groups excluding carboxylic acids is 1. The molecule has 0 bridgehead atoms. The van der Waals surface area contributed by atoms with Gasteiger partial charge in [0.15, 0.2) is 0 Å². The second kappa shape index (κ2) is 14.2. The number of hydrogen-bond acceptors (Lipinski definition) is 7. The summed E-state index contributed by atoms with van der Waals surface area (Å²) < 4.78 is 0. The van der Waals surface area contributed by atoms with Crippen molar-refractivity contribution < 1.29 is 4.79 Å². The van der Waals surface area contributed by atoms with Crippen molar-refractivity contribution in [2.24, 2.45) is 0 Å². The van der Waals surface area contributed by atoms with Crippen LogP contribution in [0.5, 0.6) is 0 Å². The Bertz CT molecular complexity index is 1640. The zero-order valence-electron chi connectivity index (χ0n) is 24.9. The van der Waals surface area contributed by atoms with Crippen LogP contribution in [0.2, 0.25) is 5.02 Å². The third-order valence-electron chi connectivity index (χ3n) is 8.44. The van der Waals surface area contributed by atoms with Crippen molar-refractivity contribution in [1.82, 2.24) is 19.7 Å². The van der Waals surface area contributed by atoms with Crippen LogP contribution in [0.4, 0.5) is 17.1 Å². The lowest BCUT2D eigenvalue weighted by molar-refractivity contribution is -0.117. The Morgan fingerprint density at radius 2 is 1.50 bits per heavy atom. The largest absolute Gasteiger partial charge is 0.355 e. The number of halogens is 1. The Morgan fingerprint density at radius 3 is 2.23 bits per heavy atom. The van der Waals surface area contributed by atoms with Crippen LogP contribution in [-0.4, -0.2) is 71.4 Å². The summed E-state index contributed by atoms with van der Waals surface area (Å²) in [5.74, 6) is 0.0235. The summed E-state index contributed by atoms with van der Waals surface area (Å²) in [7, 11) is 0. The Kier molecular flexibility index (Phi) is 9.69. The predicted molar refractivity (Wildman–Crippen MR) is 177 cm³/mol. The lowest BCUT2D eigenvalue weighted by Crippen LogP contribution is -2.45. The van der Waals surface area contributed by atoms with Crippen molar-refractivity contribution in [1.29, 1.82) is 5.26 Å². The highest BCUT2D eigenvalue weighted by molar-refractivity contribution is 6.31. The minimum Gasteiger partial charge on any atom is -0.355 e. The van der Waals surface area contributed by atoms with Crippen molar-refractivity contribution in [3.63, 3.8) is 0 Å². The maximum absolute atomic E-state index is 13.1. The van der Waals surface area contributed by atoms with E-state index in [0.29, 0.717) is 17.1 Å². The van der Waals surface area contributed by atoms with E-state index in [1.54, 1.807) is 6.20 Å². The molecule has 0 unspecified atom stereocenters. The van der Waals surface area contributed by atoms with Crippen molar-refractivity contribution in [2.75, 3.05) is 56.4 Å². The molecular formula is C35H38ClN7O. The van der Waals surface area contributed by atoms with Gasteiger partial charge >= 0.3 is 0 Å². The number of amides is 1. The van der Waals surface area contributed by atoms with E-state index in [1.165, 1.54) is 12.0 Å². The molecule has 2 aliphatic heterocycles. The van der Waals surface area contributed by atoms with Gasteiger partial charge in [-0.1, -0.05) is 30.2 Å². The lowest BCUT2D eigenvalue weighted by atomic mass is 10.1. The molecule has 8 nitrogen and oxygen atoms in total. The number of piperazine rings is 1. The van der Waals surface area contributed by atoms with Gasteiger partial charge in [0.25, 0.3) is 0 Å². The summed E-state index contributed by atoms with van der Waals surface area (Å²) in [4.78, 5) is 24.7. The number of nitrogens with one attached hydrogen (secondary N) is 2. The number of pyridine rings is 1. The number of hydrogen-bond donors (Lipinski definition) is 2. The number of likely N-dealkylation sites (tertiary alicyclic amines) is 1. The summed E-state index contributed by atoms with van der Waals surface area (Å²) >= 11 is 6.22. The molecule has 2 aliphatic rings. The molecule has 0 atom stereocenters. The minimum atomic E-state index is 0.0235. The molecule has 4 aromatic rings. The average molecular weight is 608 g/mol. The Hall–Kier alpha value is -4.00. The normalized spacial score (nSPS) is 16.5. The van der Waals surface area contributed by atoms with Gasteiger partial charge in [-0.25, -0.2) is 0 Å². The van der Waals surface area contributed by atoms with Gasteiger partial charge in [0, 0.05) is 72.9 Å². The SMILES string of the molecule is N#Cc1ccc(CN2CCN(Cc3cc(NC(=O)CN4CCCCC4)cc(Nc4ccnc5cc(Cl)ccc45)c3)CC2)cc1. The molecule has 9 heteroatoms. The molecule has 2 saturated heterocycles. The first kappa shape index (κ1) is 30.0. The van der Waals surface area contributed by atoms with Crippen molar-refractivity contribution in [3.8, 4) is 6.07 Å². The monoisotopic (exact) mass is 607 g/mol. The van der Waals surface area contributed by atoms with E-state index in [0.717, 1.165) is 98.7 Å². The van der Waals surface area contributed by atoms with Crippen LogP contribution in [0.15, 0.2) is 72.9 Å². The maximum Gasteiger partial charge on any atom is 0.238 e. The number of anilines is 3. The molecule has 0 radical (unpaired) electrons. The fourth-order valence-electron chi connectivity index (χ4n) is 6.14. The molecule has 1 aromatic heterocycles. The highest BCUT2D eigenvalue weighted by atomic mass is 35.5. The van der Waals surface area contributed by atoms with Crippen LogP contribution in [-0.2, 0) is 17.9 Å². The summed E-state index contributed by atoms with van der Waals surface area (Å²) in [6, 6.07) is 24.0. The van der Waals surface area contributed by atoms with Crippen molar-refractivity contribution in [2.45, 2.75) is 32.4 Å². The summed E-state index contributed by atoms with van der Waals surface area (Å²) in [6.07, 6.45) is 5.34. The van der Waals surface area contributed by atoms with E-state index in [4.69, 9.17) is 16.9 Å². The molecular weight excluding hydrogens is 570 g/mol. The van der Waals surface area contributed by atoms with E-state index >= 15 is 0 Å². The highest BCUT2D eigenvalue weighted by Crippen LogP contribution is 2.29. The number of rotatable bonds is 9. The first-order valence-corrected chi connectivity index (χ1v) is 15.8. The van der Waals surface area contributed by atoms with Crippen LogP contribution in [0.3, 0.4) is 0 Å². The molecule has 226 valence electrons. The molecule has 2 N–H and O–H groups in total. The van der Waals surface area contributed by atoms with Gasteiger partial charge in [-0.15, -0.1) is 0 Å². The second-order valence-corrected chi connectivity index (χ2v) is 12.2. The highest BCUT2D eigenvalue weighted by Gasteiger charge is 2.19. The fraction of sp³-hybridized carbons (Fsp3) is 0.343. The maximum atomic E-state index is 13.1. The second-order valence-electron chi connectivity index (χ2n) is 11.8. The Labute approximate surface area is 264 Å². The first-order chi connectivity index (χ1) is 21.5. The Balaban J connectivity index is 1.16. The molecule has 0 aliphatic carbocycles. The van der Waals surface area contributed by atoms with E-state index in [1.807, 2.05) is 54.6 Å². The van der Waals surface area contributed by atoms with E-state index in [-0.39, 0.29) is 5.91 Å². The summed E-state index contributed by atoms with van der Waals surface area (Å²) in [5, 5.41) is 17.5. The van der Waals surface area contributed by atoms with E-state index in [2.05, 4.69) is 48.5 Å². The summed E-state index contributed by atoms with van der Waals surface area (Å²) in [6.45, 7) is 7.93. The van der Waals surface area contributed by atoms with Gasteiger partial charge < -0.3 is 10.6 Å². The molecule has 1 amide bonds. The van der Waals surface area contributed by atoms with Gasteiger partial charge in [0.2, 0.25) is 5.91 Å². The molecule has 0 saturated carbocycles. The van der Waals surface area contributed by atoms with Gasteiger partial charge in [-0.3, -0.25) is 24.5 Å². The molecule has 44 heavy (non-hydrogen) atoms. The number of aromatic nitrogens is 1. The molecule has 3 aromatic carbocycles. The van der Waals surface area contributed by atoms with E-state index < -0.39 is 0 Å². The minimum absolute atomic E-state index is 0.0235. The predicted octanol–water partition coefficient (Wildman–Crippen LogP) is 6.25. The molecule has 3 heterocycles. The number of benzene rings is 3. The van der Waals surface area contributed by atoms with Gasteiger partial charge in [-0.2, -0.15) is 5.26 Å². The van der Waals surface area contributed by atoms with Crippen LogP contribution in [0.1, 0.15) is 36.0 Å².